The van der Waals surface area contributed by atoms with Crippen molar-refractivity contribution in [2.45, 2.75) is 10.8 Å². The zero-order valence-corrected chi connectivity index (χ0v) is 16.8. The lowest BCUT2D eigenvalue weighted by molar-refractivity contribution is -0.113. The van der Waals surface area contributed by atoms with Crippen LogP contribution in [0.2, 0.25) is 0 Å². The number of rotatable bonds is 7. The summed E-state index contributed by atoms with van der Waals surface area (Å²) in [6.45, 7) is 0. The lowest BCUT2D eigenvalue weighted by Crippen LogP contribution is -2.14. The normalized spacial score (nSPS) is 11.2. The Morgan fingerprint density at radius 2 is 1.68 bits per heavy atom. The van der Waals surface area contributed by atoms with Gasteiger partial charge in [-0.15, -0.1) is 22.0 Å². The Kier molecular flexibility index (Phi) is 6.43. The molecule has 6 nitrogen and oxygen atoms in total. The Morgan fingerprint density at radius 3 is 2.29 bits per heavy atom. The molecule has 0 fully saturated rings. The zero-order chi connectivity index (χ0) is 20.0. The Hall–Kier alpha value is -2.71. The molecule has 0 spiro atoms. The van der Waals surface area contributed by atoms with Crippen molar-refractivity contribution in [2.75, 3.05) is 17.3 Å². The Bertz CT molecular complexity index is 1040. The molecule has 8 heteroatoms. The summed E-state index contributed by atoms with van der Waals surface area (Å²) in [5.41, 5.74) is 3.22. The van der Waals surface area contributed by atoms with Gasteiger partial charge in [-0.05, 0) is 29.8 Å². The summed E-state index contributed by atoms with van der Waals surface area (Å²) in [6.07, 6.45) is 1.09. The molecule has 3 aromatic rings. The summed E-state index contributed by atoms with van der Waals surface area (Å²) in [5.74, 6) is 1.09. The first kappa shape index (κ1) is 20.0. The summed E-state index contributed by atoms with van der Waals surface area (Å²) in [5, 5.41) is 10.5. The molecule has 0 radical (unpaired) electrons. The van der Waals surface area contributed by atoms with E-state index in [0.717, 1.165) is 17.6 Å². The first-order valence-corrected chi connectivity index (χ1v) is 11.5. The SMILES string of the molecule is CS(=O)(=O)c1ccc(-c2ccc(NC(=O)CSCc3ccccc3)cc2)nn1. The highest BCUT2D eigenvalue weighted by Gasteiger charge is 2.10. The third-order valence-corrected chi connectivity index (χ3v) is 5.81. The molecule has 3 rings (SSSR count). The number of benzene rings is 2. The molecular formula is C20H19N3O3S2. The second-order valence-corrected chi connectivity index (χ2v) is 9.08. The van der Waals surface area contributed by atoms with Gasteiger partial charge in [0.1, 0.15) is 0 Å². The van der Waals surface area contributed by atoms with Crippen LogP contribution < -0.4 is 5.32 Å². The number of nitrogens with one attached hydrogen (secondary N) is 1. The van der Waals surface area contributed by atoms with Gasteiger partial charge in [-0.3, -0.25) is 4.79 Å². The molecular weight excluding hydrogens is 394 g/mol. The second kappa shape index (κ2) is 8.99. The summed E-state index contributed by atoms with van der Waals surface area (Å²) >= 11 is 1.56. The minimum absolute atomic E-state index is 0.0619. The molecule has 0 bridgehead atoms. The Labute approximate surface area is 168 Å². The van der Waals surface area contributed by atoms with Crippen LogP contribution in [-0.4, -0.2) is 36.5 Å². The molecule has 0 saturated carbocycles. The van der Waals surface area contributed by atoms with Gasteiger partial charge in [0.2, 0.25) is 5.91 Å². The van der Waals surface area contributed by atoms with Gasteiger partial charge in [0.05, 0.1) is 11.4 Å². The smallest absolute Gasteiger partial charge is 0.234 e. The van der Waals surface area contributed by atoms with Gasteiger partial charge < -0.3 is 5.32 Å². The van der Waals surface area contributed by atoms with Crippen LogP contribution in [0.25, 0.3) is 11.3 Å². The fourth-order valence-electron chi connectivity index (χ4n) is 2.43. The highest BCUT2D eigenvalue weighted by Crippen LogP contribution is 2.20. The minimum atomic E-state index is -3.37. The average Bonchev–Trinajstić information content (AvgIpc) is 2.69. The third kappa shape index (κ3) is 5.64. The van der Waals surface area contributed by atoms with Crippen molar-refractivity contribution < 1.29 is 13.2 Å². The molecule has 0 aliphatic rings. The Morgan fingerprint density at radius 1 is 0.964 bits per heavy atom. The zero-order valence-electron chi connectivity index (χ0n) is 15.2. The van der Waals surface area contributed by atoms with E-state index in [1.807, 2.05) is 30.3 Å². The van der Waals surface area contributed by atoms with Crippen LogP contribution >= 0.6 is 11.8 Å². The molecule has 0 aliphatic heterocycles. The van der Waals surface area contributed by atoms with E-state index in [4.69, 9.17) is 0 Å². The first-order chi connectivity index (χ1) is 13.4. The highest BCUT2D eigenvalue weighted by molar-refractivity contribution is 7.99. The number of aromatic nitrogens is 2. The maximum absolute atomic E-state index is 12.1. The molecule has 0 aliphatic carbocycles. The van der Waals surface area contributed by atoms with E-state index in [1.165, 1.54) is 11.6 Å². The van der Waals surface area contributed by atoms with Crippen molar-refractivity contribution in [3.05, 3.63) is 72.3 Å². The van der Waals surface area contributed by atoms with Gasteiger partial charge in [0.15, 0.2) is 14.9 Å². The average molecular weight is 414 g/mol. The molecule has 0 saturated heterocycles. The van der Waals surface area contributed by atoms with Gasteiger partial charge >= 0.3 is 0 Å². The van der Waals surface area contributed by atoms with Gasteiger partial charge in [-0.2, -0.15) is 0 Å². The van der Waals surface area contributed by atoms with E-state index in [0.29, 0.717) is 17.1 Å². The van der Waals surface area contributed by atoms with Crippen molar-refractivity contribution >= 4 is 33.2 Å². The standard InChI is InChI=1S/C20H19N3O3S2/c1-28(25,26)20-12-11-18(22-23-20)16-7-9-17(10-8-16)21-19(24)14-27-13-15-5-3-2-4-6-15/h2-12H,13-14H2,1H3,(H,21,24). The van der Waals surface area contributed by atoms with Crippen molar-refractivity contribution in [3.63, 3.8) is 0 Å². The van der Waals surface area contributed by atoms with Gasteiger partial charge in [-0.1, -0.05) is 42.5 Å². The van der Waals surface area contributed by atoms with E-state index in [2.05, 4.69) is 15.5 Å². The molecule has 0 unspecified atom stereocenters. The fourth-order valence-corrected chi connectivity index (χ4v) is 3.72. The lowest BCUT2D eigenvalue weighted by atomic mass is 10.1. The number of thioether (sulfide) groups is 1. The maximum Gasteiger partial charge on any atom is 0.234 e. The summed E-state index contributed by atoms with van der Waals surface area (Å²) < 4.78 is 22.9. The van der Waals surface area contributed by atoms with Gasteiger partial charge in [0, 0.05) is 23.3 Å². The second-order valence-electron chi connectivity index (χ2n) is 6.13. The molecule has 2 aromatic carbocycles. The highest BCUT2D eigenvalue weighted by atomic mass is 32.2. The van der Waals surface area contributed by atoms with Crippen LogP contribution in [0.1, 0.15) is 5.56 Å². The van der Waals surface area contributed by atoms with E-state index in [-0.39, 0.29) is 10.9 Å². The fraction of sp³-hybridized carbons (Fsp3) is 0.150. The van der Waals surface area contributed by atoms with Crippen LogP contribution in [0.4, 0.5) is 5.69 Å². The Balaban J connectivity index is 1.54. The summed E-state index contributed by atoms with van der Waals surface area (Å²) in [6, 6.07) is 20.2. The van der Waals surface area contributed by atoms with Crippen LogP contribution in [0.5, 0.6) is 0 Å². The number of amides is 1. The van der Waals surface area contributed by atoms with E-state index < -0.39 is 9.84 Å². The molecule has 1 N–H and O–H groups in total. The molecule has 1 heterocycles. The number of sulfone groups is 1. The minimum Gasteiger partial charge on any atom is -0.325 e. The molecule has 1 amide bonds. The number of nitrogens with zero attached hydrogens (tertiary/aromatic N) is 2. The quantitative estimate of drug-likeness (QED) is 0.638. The molecule has 28 heavy (non-hydrogen) atoms. The van der Waals surface area contributed by atoms with E-state index in [1.54, 1.807) is 42.1 Å². The van der Waals surface area contributed by atoms with Crippen LogP contribution in [-0.2, 0) is 20.4 Å². The summed E-state index contributed by atoms with van der Waals surface area (Å²) in [4.78, 5) is 12.1. The van der Waals surface area contributed by atoms with Crippen molar-refractivity contribution in [1.29, 1.82) is 0 Å². The number of hydrogen-bond acceptors (Lipinski definition) is 6. The topological polar surface area (TPSA) is 89.0 Å². The molecule has 144 valence electrons. The van der Waals surface area contributed by atoms with Gasteiger partial charge in [-0.25, -0.2) is 8.42 Å². The number of carbonyl (C=O) groups is 1. The van der Waals surface area contributed by atoms with Crippen LogP contribution in [0, 0.1) is 0 Å². The number of anilines is 1. The summed E-state index contributed by atoms with van der Waals surface area (Å²) in [7, 11) is -3.37. The molecule has 1 aromatic heterocycles. The van der Waals surface area contributed by atoms with E-state index in [9.17, 15) is 13.2 Å². The van der Waals surface area contributed by atoms with Crippen LogP contribution in [0.3, 0.4) is 0 Å². The molecule has 0 atom stereocenters. The van der Waals surface area contributed by atoms with Crippen molar-refractivity contribution in [3.8, 4) is 11.3 Å². The largest absolute Gasteiger partial charge is 0.325 e. The van der Waals surface area contributed by atoms with Crippen LogP contribution in [0.15, 0.2) is 71.8 Å². The van der Waals surface area contributed by atoms with Gasteiger partial charge in [0.25, 0.3) is 0 Å². The van der Waals surface area contributed by atoms with Crippen molar-refractivity contribution in [2.24, 2.45) is 0 Å². The van der Waals surface area contributed by atoms with E-state index >= 15 is 0 Å². The number of carbonyl (C=O) groups excluding carboxylic acids is 1. The predicted octanol–water partition coefficient (Wildman–Crippen LogP) is 3.42. The number of hydrogen-bond donors (Lipinski definition) is 1. The third-order valence-electron chi connectivity index (χ3n) is 3.83. The van der Waals surface area contributed by atoms with Crippen molar-refractivity contribution in [1.82, 2.24) is 10.2 Å². The first-order valence-electron chi connectivity index (χ1n) is 8.47. The monoisotopic (exact) mass is 413 g/mol. The lowest BCUT2D eigenvalue weighted by Gasteiger charge is -2.07. The maximum atomic E-state index is 12.1. The predicted molar refractivity (Wildman–Crippen MR) is 112 cm³/mol.